The normalized spacial score (nSPS) is 16.2. The van der Waals surface area contributed by atoms with Crippen LogP contribution in [0.15, 0.2) is 10.6 Å². The van der Waals surface area contributed by atoms with E-state index in [2.05, 4.69) is 35.5 Å². The fourth-order valence-corrected chi connectivity index (χ4v) is 3.77. The molecule has 1 aliphatic rings. The second kappa shape index (κ2) is 6.42. The van der Waals surface area contributed by atoms with Crippen molar-refractivity contribution < 1.29 is 9.32 Å². The highest BCUT2D eigenvalue weighted by Gasteiger charge is 2.29. The van der Waals surface area contributed by atoms with E-state index in [1.54, 1.807) is 0 Å². The summed E-state index contributed by atoms with van der Waals surface area (Å²) in [6.45, 7) is 11.7. The molecule has 3 rings (SSSR count). The third-order valence-corrected chi connectivity index (χ3v) is 4.91. The average molecular weight is 330 g/mol. The highest BCUT2D eigenvalue weighted by molar-refractivity contribution is 5.95. The second-order valence-electron chi connectivity index (χ2n) is 6.99. The molecular weight excluding hydrogens is 304 g/mol. The fraction of sp³-hybridized carbons (Fsp3) is 0.611. The highest BCUT2D eigenvalue weighted by Crippen LogP contribution is 2.28. The summed E-state index contributed by atoms with van der Waals surface area (Å²) >= 11 is 0. The smallest absolute Gasteiger partial charge is 0.255 e. The molecule has 1 saturated heterocycles. The largest absolute Gasteiger partial charge is 0.346 e. The summed E-state index contributed by atoms with van der Waals surface area (Å²) in [4.78, 5) is 19.2. The van der Waals surface area contributed by atoms with E-state index >= 15 is 0 Å². The Hall–Kier alpha value is -2.11. The van der Waals surface area contributed by atoms with Gasteiger partial charge in [-0.1, -0.05) is 5.16 Å². The Balaban J connectivity index is 1.70. The molecule has 0 aliphatic carbocycles. The second-order valence-corrected chi connectivity index (χ2v) is 6.99. The summed E-state index contributed by atoms with van der Waals surface area (Å²) in [6, 6.07) is 2.38. The predicted octanol–water partition coefficient (Wildman–Crippen LogP) is 3.40. The Kier molecular flexibility index (Phi) is 4.47. The lowest BCUT2D eigenvalue weighted by Gasteiger charge is -2.30. The number of piperidine rings is 1. The third kappa shape index (κ3) is 2.97. The first-order valence-electron chi connectivity index (χ1n) is 8.66. The van der Waals surface area contributed by atoms with Crippen LogP contribution >= 0.6 is 0 Å². The zero-order valence-electron chi connectivity index (χ0n) is 15.2. The van der Waals surface area contributed by atoms with E-state index in [4.69, 9.17) is 4.52 Å². The van der Waals surface area contributed by atoms with Crippen LogP contribution in [0.3, 0.4) is 0 Å². The minimum atomic E-state index is 0.134. The van der Waals surface area contributed by atoms with Crippen LogP contribution in [0.5, 0.6) is 0 Å². The van der Waals surface area contributed by atoms with Crippen molar-refractivity contribution in [3.8, 4) is 0 Å². The Morgan fingerprint density at radius 1 is 1.25 bits per heavy atom. The van der Waals surface area contributed by atoms with Gasteiger partial charge in [-0.2, -0.15) is 4.98 Å². The SMILES string of the molecule is Cc1noc(C2CCN(C(=O)c3cc(C)n(C(C)C)c3C)CC2)n1. The number of nitrogens with zero attached hydrogens (tertiary/aromatic N) is 4. The molecule has 0 atom stereocenters. The van der Waals surface area contributed by atoms with Crippen LogP contribution < -0.4 is 0 Å². The van der Waals surface area contributed by atoms with Gasteiger partial charge >= 0.3 is 0 Å². The monoisotopic (exact) mass is 330 g/mol. The highest BCUT2D eigenvalue weighted by atomic mass is 16.5. The minimum absolute atomic E-state index is 0.134. The van der Waals surface area contributed by atoms with E-state index in [-0.39, 0.29) is 11.8 Å². The van der Waals surface area contributed by atoms with Gasteiger partial charge in [-0.3, -0.25) is 4.79 Å². The number of carbonyl (C=O) groups excluding carboxylic acids is 1. The van der Waals surface area contributed by atoms with E-state index in [9.17, 15) is 4.79 Å². The number of hydrogen-bond donors (Lipinski definition) is 0. The first kappa shape index (κ1) is 16.7. The van der Waals surface area contributed by atoms with Crippen LogP contribution in [-0.2, 0) is 0 Å². The van der Waals surface area contributed by atoms with Crippen molar-refractivity contribution in [1.29, 1.82) is 0 Å². The van der Waals surface area contributed by atoms with Gasteiger partial charge in [0.1, 0.15) is 0 Å². The Bertz CT molecular complexity index is 736. The number of likely N-dealkylation sites (tertiary alicyclic amines) is 1. The van der Waals surface area contributed by atoms with Crippen LogP contribution in [0.25, 0.3) is 0 Å². The van der Waals surface area contributed by atoms with Gasteiger partial charge in [0.2, 0.25) is 5.89 Å². The number of amides is 1. The van der Waals surface area contributed by atoms with Gasteiger partial charge in [0.25, 0.3) is 5.91 Å². The van der Waals surface area contributed by atoms with Crippen molar-refractivity contribution in [2.75, 3.05) is 13.1 Å². The Labute approximate surface area is 142 Å². The van der Waals surface area contributed by atoms with Crippen LogP contribution in [0.4, 0.5) is 0 Å². The van der Waals surface area contributed by atoms with Gasteiger partial charge in [-0.15, -0.1) is 0 Å². The lowest BCUT2D eigenvalue weighted by atomic mass is 9.96. The molecule has 1 fully saturated rings. The molecule has 6 heteroatoms. The number of hydrogen-bond acceptors (Lipinski definition) is 4. The molecule has 0 radical (unpaired) electrons. The molecule has 6 nitrogen and oxygen atoms in total. The number of aromatic nitrogens is 3. The van der Waals surface area contributed by atoms with E-state index in [0.717, 1.165) is 42.9 Å². The molecule has 3 heterocycles. The summed E-state index contributed by atoms with van der Waals surface area (Å²) < 4.78 is 7.50. The third-order valence-electron chi connectivity index (χ3n) is 4.91. The maximum absolute atomic E-state index is 12.9. The van der Waals surface area contributed by atoms with Gasteiger partial charge in [-0.05, 0) is 53.5 Å². The topological polar surface area (TPSA) is 64.2 Å². The van der Waals surface area contributed by atoms with Gasteiger partial charge in [-0.25, -0.2) is 0 Å². The Morgan fingerprint density at radius 3 is 2.42 bits per heavy atom. The molecule has 0 unspecified atom stereocenters. The van der Waals surface area contributed by atoms with Crippen LogP contribution in [0.2, 0.25) is 0 Å². The zero-order chi connectivity index (χ0) is 17.4. The number of aryl methyl sites for hydroxylation is 2. The number of rotatable bonds is 3. The summed E-state index contributed by atoms with van der Waals surface area (Å²) in [5.74, 6) is 1.77. The van der Waals surface area contributed by atoms with E-state index in [0.29, 0.717) is 17.8 Å². The first-order chi connectivity index (χ1) is 11.4. The van der Waals surface area contributed by atoms with Gasteiger partial charge < -0.3 is 14.0 Å². The molecule has 2 aromatic heterocycles. The quantitative estimate of drug-likeness (QED) is 0.865. The predicted molar refractivity (Wildman–Crippen MR) is 91.2 cm³/mol. The minimum Gasteiger partial charge on any atom is -0.346 e. The first-order valence-corrected chi connectivity index (χ1v) is 8.66. The molecule has 1 amide bonds. The van der Waals surface area contributed by atoms with Crippen molar-refractivity contribution in [1.82, 2.24) is 19.6 Å². The van der Waals surface area contributed by atoms with E-state index in [1.807, 2.05) is 24.8 Å². The molecule has 0 N–H and O–H groups in total. The summed E-state index contributed by atoms with van der Waals surface area (Å²) in [7, 11) is 0. The molecule has 0 aromatic carbocycles. The molecule has 0 saturated carbocycles. The lowest BCUT2D eigenvalue weighted by molar-refractivity contribution is 0.0703. The van der Waals surface area contributed by atoms with Crippen LogP contribution in [0.1, 0.15) is 72.1 Å². The summed E-state index contributed by atoms with van der Waals surface area (Å²) in [6.07, 6.45) is 1.74. The molecular formula is C18H26N4O2. The number of carbonyl (C=O) groups is 1. The molecule has 0 bridgehead atoms. The maximum Gasteiger partial charge on any atom is 0.255 e. The molecule has 0 spiro atoms. The molecule has 1 aliphatic heterocycles. The maximum atomic E-state index is 12.9. The average Bonchev–Trinajstić information content (AvgIpc) is 3.10. The van der Waals surface area contributed by atoms with Crippen molar-refractivity contribution in [2.45, 2.75) is 59.4 Å². The van der Waals surface area contributed by atoms with Gasteiger partial charge in [0.15, 0.2) is 5.82 Å². The standard InChI is InChI=1S/C18H26N4O2/c1-11(2)22-12(3)10-16(13(22)4)18(23)21-8-6-15(7-9-21)17-19-14(5)20-24-17/h10-11,15H,6-9H2,1-5H3. The molecule has 2 aromatic rings. The van der Waals surface area contributed by atoms with Crippen LogP contribution in [0, 0.1) is 20.8 Å². The van der Waals surface area contributed by atoms with E-state index < -0.39 is 0 Å². The van der Waals surface area contributed by atoms with Crippen molar-refractivity contribution in [3.05, 3.63) is 34.7 Å². The Morgan fingerprint density at radius 2 is 1.92 bits per heavy atom. The summed E-state index contributed by atoms with van der Waals surface area (Å²) in [5.41, 5.74) is 3.03. The van der Waals surface area contributed by atoms with Crippen LogP contribution in [-0.4, -0.2) is 38.6 Å². The molecule has 130 valence electrons. The lowest BCUT2D eigenvalue weighted by Crippen LogP contribution is -2.38. The van der Waals surface area contributed by atoms with Gasteiger partial charge in [0.05, 0.1) is 5.56 Å². The van der Waals surface area contributed by atoms with Crippen molar-refractivity contribution in [2.24, 2.45) is 0 Å². The van der Waals surface area contributed by atoms with Crippen molar-refractivity contribution >= 4 is 5.91 Å². The zero-order valence-corrected chi connectivity index (χ0v) is 15.2. The van der Waals surface area contributed by atoms with Gasteiger partial charge in [0, 0.05) is 36.4 Å². The molecule has 24 heavy (non-hydrogen) atoms. The summed E-state index contributed by atoms with van der Waals surface area (Å²) in [5, 5.41) is 3.86. The van der Waals surface area contributed by atoms with E-state index in [1.165, 1.54) is 0 Å². The fourth-order valence-electron chi connectivity index (χ4n) is 3.77. The van der Waals surface area contributed by atoms with Crippen molar-refractivity contribution in [3.63, 3.8) is 0 Å².